The Labute approximate surface area is 123 Å². The number of nitrogens with one attached hydrogen (secondary N) is 2. The molecular formula is C16H17N3O2. The Morgan fingerprint density at radius 2 is 1.67 bits per heavy atom. The number of hydrogen-bond acceptors (Lipinski definition) is 2. The molecule has 0 heterocycles. The number of carbonyl (C=O) groups excluding carboxylic acids is 2. The van der Waals surface area contributed by atoms with Crippen LogP contribution in [0.4, 0.5) is 16.2 Å². The van der Waals surface area contributed by atoms with Crippen molar-refractivity contribution >= 4 is 23.3 Å². The summed E-state index contributed by atoms with van der Waals surface area (Å²) in [5.41, 5.74) is 8.39. The first kappa shape index (κ1) is 14.6. The maximum atomic E-state index is 11.9. The van der Waals surface area contributed by atoms with Crippen LogP contribution in [0.15, 0.2) is 48.5 Å². The Bertz CT molecular complexity index is 651. The number of hydrogen-bond donors (Lipinski definition) is 3. The van der Waals surface area contributed by atoms with E-state index >= 15 is 0 Å². The molecule has 5 nitrogen and oxygen atoms in total. The average molecular weight is 283 g/mol. The molecule has 2 aromatic rings. The lowest BCUT2D eigenvalue weighted by molar-refractivity contribution is -0.117. The zero-order valence-corrected chi connectivity index (χ0v) is 11.7. The van der Waals surface area contributed by atoms with Gasteiger partial charge in [-0.05, 0) is 42.3 Å². The van der Waals surface area contributed by atoms with E-state index in [-0.39, 0.29) is 18.4 Å². The molecule has 0 aromatic heterocycles. The van der Waals surface area contributed by atoms with E-state index in [2.05, 4.69) is 10.6 Å². The summed E-state index contributed by atoms with van der Waals surface area (Å²) in [6.45, 7) is 1.96. The van der Waals surface area contributed by atoms with Gasteiger partial charge in [-0.3, -0.25) is 4.79 Å². The number of nitrogens with two attached hydrogens (primary N) is 1. The van der Waals surface area contributed by atoms with E-state index in [9.17, 15) is 9.59 Å². The molecule has 0 aliphatic carbocycles. The van der Waals surface area contributed by atoms with E-state index in [0.717, 1.165) is 16.8 Å². The lowest BCUT2D eigenvalue weighted by Crippen LogP contribution is -2.19. The van der Waals surface area contributed by atoms with Crippen LogP contribution in [-0.4, -0.2) is 11.9 Å². The van der Waals surface area contributed by atoms with Crippen LogP contribution in [0.2, 0.25) is 0 Å². The van der Waals surface area contributed by atoms with Crippen molar-refractivity contribution in [1.29, 1.82) is 0 Å². The Kier molecular flexibility index (Phi) is 4.56. The molecule has 0 unspecified atom stereocenters. The number of urea groups is 1. The largest absolute Gasteiger partial charge is 0.369 e. The van der Waals surface area contributed by atoms with E-state index in [1.165, 1.54) is 0 Å². The van der Waals surface area contributed by atoms with Gasteiger partial charge in [-0.15, -0.1) is 0 Å². The second-order valence-corrected chi connectivity index (χ2v) is 4.79. The third kappa shape index (κ3) is 4.65. The summed E-state index contributed by atoms with van der Waals surface area (Å²) in [6.07, 6.45) is 0.190. The molecule has 0 spiro atoms. The number of primary amides is 1. The summed E-state index contributed by atoms with van der Waals surface area (Å²) in [4.78, 5) is 22.7. The van der Waals surface area contributed by atoms with E-state index < -0.39 is 0 Å². The molecule has 21 heavy (non-hydrogen) atoms. The molecule has 4 N–H and O–H groups in total. The van der Waals surface area contributed by atoms with Gasteiger partial charge in [0.2, 0.25) is 5.91 Å². The van der Waals surface area contributed by atoms with Gasteiger partial charge < -0.3 is 16.4 Å². The normalized spacial score (nSPS) is 9.95. The molecule has 108 valence electrons. The fourth-order valence-corrected chi connectivity index (χ4v) is 1.92. The first-order valence-electron chi connectivity index (χ1n) is 6.55. The predicted molar refractivity (Wildman–Crippen MR) is 83.2 cm³/mol. The van der Waals surface area contributed by atoms with E-state index in [4.69, 9.17) is 5.73 Å². The van der Waals surface area contributed by atoms with Gasteiger partial charge in [0, 0.05) is 11.4 Å². The van der Waals surface area contributed by atoms with Crippen molar-refractivity contribution in [1.82, 2.24) is 0 Å². The number of carbonyl (C=O) groups is 2. The molecule has 0 atom stereocenters. The summed E-state index contributed by atoms with van der Waals surface area (Å²) >= 11 is 0. The fourth-order valence-electron chi connectivity index (χ4n) is 1.92. The van der Waals surface area contributed by atoms with E-state index in [0.29, 0.717) is 5.69 Å². The molecule has 0 saturated heterocycles. The first-order chi connectivity index (χ1) is 10.0. The van der Waals surface area contributed by atoms with Gasteiger partial charge in [-0.2, -0.15) is 0 Å². The first-order valence-corrected chi connectivity index (χ1v) is 6.55. The number of rotatable bonds is 4. The molecular weight excluding hydrogens is 266 g/mol. The minimum absolute atomic E-state index is 0.190. The highest BCUT2D eigenvalue weighted by Gasteiger charge is 2.03. The second kappa shape index (κ2) is 6.56. The molecule has 5 heteroatoms. The second-order valence-electron chi connectivity index (χ2n) is 4.79. The lowest BCUT2D eigenvalue weighted by Gasteiger charge is -2.08. The number of amides is 3. The van der Waals surface area contributed by atoms with Crippen LogP contribution in [0.3, 0.4) is 0 Å². The Hall–Kier alpha value is -2.82. The van der Waals surface area contributed by atoms with Crippen molar-refractivity contribution in [3.63, 3.8) is 0 Å². The zero-order valence-electron chi connectivity index (χ0n) is 11.7. The minimum atomic E-state index is -0.382. The van der Waals surface area contributed by atoms with Gasteiger partial charge in [0.05, 0.1) is 6.42 Å². The maximum absolute atomic E-state index is 11.9. The summed E-state index contributed by atoms with van der Waals surface area (Å²) in [5.74, 6) is -0.382. The highest BCUT2D eigenvalue weighted by Crippen LogP contribution is 2.12. The van der Waals surface area contributed by atoms with Crippen molar-refractivity contribution in [2.75, 3.05) is 10.6 Å². The van der Waals surface area contributed by atoms with Crippen molar-refractivity contribution in [3.8, 4) is 0 Å². The van der Waals surface area contributed by atoms with Crippen LogP contribution in [0, 0.1) is 6.92 Å². The SMILES string of the molecule is Cc1cccc(NC(=O)Nc2ccc(CC(N)=O)cc2)c1. The van der Waals surface area contributed by atoms with E-state index in [1.54, 1.807) is 24.3 Å². The molecule has 0 aliphatic rings. The van der Waals surface area contributed by atoms with Crippen LogP contribution in [0.1, 0.15) is 11.1 Å². The van der Waals surface area contributed by atoms with Crippen LogP contribution < -0.4 is 16.4 Å². The topological polar surface area (TPSA) is 84.2 Å². The summed E-state index contributed by atoms with van der Waals surface area (Å²) in [5, 5.41) is 5.48. The minimum Gasteiger partial charge on any atom is -0.369 e. The van der Waals surface area contributed by atoms with Crippen LogP contribution in [0.25, 0.3) is 0 Å². The van der Waals surface area contributed by atoms with Crippen LogP contribution in [-0.2, 0) is 11.2 Å². The number of benzene rings is 2. The quantitative estimate of drug-likeness (QED) is 0.806. The average Bonchev–Trinajstić information content (AvgIpc) is 2.40. The molecule has 0 radical (unpaired) electrons. The lowest BCUT2D eigenvalue weighted by atomic mass is 10.1. The molecule has 0 aliphatic heterocycles. The van der Waals surface area contributed by atoms with Crippen LogP contribution >= 0.6 is 0 Å². The Morgan fingerprint density at radius 3 is 2.29 bits per heavy atom. The third-order valence-corrected chi connectivity index (χ3v) is 2.87. The summed E-state index contributed by atoms with van der Waals surface area (Å²) in [6, 6.07) is 14.2. The predicted octanol–water partition coefficient (Wildman–Crippen LogP) is 2.67. The standard InChI is InChI=1S/C16H17N3O2/c1-11-3-2-4-14(9-11)19-16(21)18-13-7-5-12(6-8-13)10-15(17)20/h2-9H,10H2,1H3,(H2,17,20)(H2,18,19,21). The maximum Gasteiger partial charge on any atom is 0.323 e. The Morgan fingerprint density at radius 1 is 1.00 bits per heavy atom. The monoisotopic (exact) mass is 283 g/mol. The van der Waals surface area contributed by atoms with Crippen molar-refractivity contribution < 1.29 is 9.59 Å². The highest BCUT2D eigenvalue weighted by molar-refractivity contribution is 5.99. The zero-order chi connectivity index (χ0) is 15.2. The van der Waals surface area contributed by atoms with Gasteiger partial charge >= 0.3 is 6.03 Å². The smallest absolute Gasteiger partial charge is 0.323 e. The van der Waals surface area contributed by atoms with Gasteiger partial charge in [-0.1, -0.05) is 24.3 Å². The van der Waals surface area contributed by atoms with Gasteiger partial charge in [0.15, 0.2) is 0 Å². The molecule has 2 aromatic carbocycles. The van der Waals surface area contributed by atoms with E-state index in [1.807, 2.05) is 31.2 Å². The fraction of sp³-hybridized carbons (Fsp3) is 0.125. The van der Waals surface area contributed by atoms with Gasteiger partial charge in [0.1, 0.15) is 0 Å². The van der Waals surface area contributed by atoms with Gasteiger partial charge in [0.25, 0.3) is 0 Å². The molecule has 3 amide bonds. The highest BCUT2D eigenvalue weighted by atomic mass is 16.2. The number of anilines is 2. The number of aryl methyl sites for hydroxylation is 1. The Balaban J connectivity index is 1.95. The van der Waals surface area contributed by atoms with Crippen molar-refractivity contribution in [2.45, 2.75) is 13.3 Å². The summed E-state index contributed by atoms with van der Waals surface area (Å²) < 4.78 is 0. The van der Waals surface area contributed by atoms with Crippen molar-refractivity contribution in [3.05, 3.63) is 59.7 Å². The van der Waals surface area contributed by atoms with Crippen molar-refractivity contribution in [2.24, 2.45) is 5.73 Å². The van der Waals surface area contributed by atoms with Gasteiger partial charge in [-0.25, -0.2) is 4.79 Å². The molecule has 0 saturated carbocycles. The molecule has 2 rings (SSSR count). The summed E-state index contributed by atoms with van der Waals surface area (Å²) in [7, 11) is 0. The molecule has 0 bridgehead atoms. The third-order valence-electron chi connectivity index (χ3n) is 2.87. The van der Waals surface area contributed by atoms with Crippen LogP contribution in [0.5, 0.6) is 0 Å². The molecule has 0 fully saturated rings.